The average molecular weight is 403 g/mol. The molecule has 1 aromatic heterocycles. The van der Waals surface area contributed by atoms with Crippen molar-refractivity contribution in [3.8, 4) is 0 Å². The number of benzene rings is 1. The van der Waals surface area contributed by atoms with Gasteiger partial charge in [-0.25, -0.2) is 14.4 Å². The van der Waals surface area contributed by atoms with Gasteiger partial charge < -0.3 is 5.32 Å². The van der Waals surface area contributed by atoms with Crippen molar-refractivity contribution in [2.75, 3.05) is 11.9 Å². The lowest BCUT2D eigenvalue weighted by molar-refractivity contribution is 0.602. The van der Waals surface area contributed by atoms with E-state index >= 15 is 0 Å². The van der Waals surface area contributed by atoms with Crippen LogP contribution in [0.2, 0.25) is 0 Å². The summed E-state index contributed by atoms with van der Waals surface area (Å²) in [5.41, 5.74) is 0.945. The van der Waals surface area contributed by atoms with Crippen LogP contribution in [0.4, 0.5) is 10.2 Å². The molecule has 1 N–H and O–H groups in total. The van der Waals surface area contributed by atoms with Crippen LogP contribution in [0.1, 0.15) is 18.4 Å². The van der Waals surface area contributed by atoms with E-state index in [1.165, 1.54) is 17.8 Å². The highest BCUT2D eigenvalue weighted by Crippen LogP contribution is 2.26. The normalized spacial score (nSPS) is 10.6. The first-order chi connectivity index (χ1) is 9.61. The number of aryl methyl sites for hydroxylation is 1. The van der Waals surface area contributed by atoms with Crippen molar-refractivity contribution in [2.45, 2.75) is 24.5 Å². The molecule has 0 spiro atoms. The minimum atomic E-state index is -0.202. The molecule has 2 rings (SSSR count). The Bertz CT molecular complexity index is 607. The maximum Gasteiger partial charge on any atom is 0.143 e. The lowest BCUT2D eigenvalue weighted by Crippen LogP contribution is -2.07. The average Bonchev–Trinajstić information content (AvgIpc) is 2.43. The zero-order valence-corrected chi connectivity index (χ0v) is 14.3. The lowest BCUT2D eigenvalue weighted by Gasteiger charge is -2.10. The highest BCUT2D eigenvalue weighted by atomic mass is 127. The summed E-state index contributed by atoms with van der Waals surface area (Å²) in [5, 5.41) is 3.22. The molecular formula is C14H15FIN3S. The summed E-state index contributed by atoms with van der Waals surface area (Å²) < 4.78 is 14.6. The first kappa shape index (κ1) is 15.5. The van der Waals surface area contributed by atoms with Crippen molar-refractivity contribution >= 4 is 40.2 Å². The fourth-order valence-corrected chi connectivity index (χ4v) is 2.90. The van der Waals surface area contributed by atoms with Gasteiger partial charge >= 0.3 is 0 Å². The van der Waals surface area contributed by atoms with Gasteiger partial charge in [-0.15, -0.1) is 11.8 Å². The van der Waals surface area contributed by atoms with E-state index in [2.05, 4.69) is 37.9 Å². The van der Waals surface area contributed by atoms with Gasteiger partial charge in [0.25, 0.3) is 0 Å². The summed E-state index contributed by atoms with van der Waals surface area (Å²) in [5.74, 6) is 1.92. The molecule has 2 aromatic rings. The zero-order chi connectivity index (χ0) is 14.5. The van der Waals surface area contributed by atoms with E-state index in [1.807, 2.05) is 19.9 Å². The van der Waals surface area contributed by atoms with Crippen LogP contribution in [-0.4, -0.2) is 16.5 Å². The molecule has 106 valence electrons. The van der Waals surface area contributed by atoms with Crippen LogP contribution in [0.5, 0.6) is 0 Å². The van der Waals surface area contributed by atoms with Crippen LogP contribution in [0, 0.1) is 16.3 Å². The largest absolute Gasteiger partial charge is 0.369 e. The number of hydrogen-bond donors (Lipinski definition) is 1. The van der Waals surface area contributed by atoms with Crippen LogP contribution >= 0.6 is 34.4 Å². The van der Waals surface area contributed by atoms with Crippen LogP contribution in [-0.2, 0) is 5.75 Å². The zero-order valence-electron chi connectivity index (χ0n) is 11.3. The molecule has 0 aliphatic heterocycles. The molecule has 0 unspecified atom stereocenters. The molecule has 6 heteroatoms. The predicted octanol–water partition coefficient (Wildman–Crippen LogP) is 4.25. The second-order valence-electron chi connectivity index (χ2n) is 4.14. The Hall–Kier alpha value is -0.890. The standard InChI is InChI=1S/C14H15FIN3S/c1-3-17-14-13(16)9(2)18-12(19-14)8-20-11-7-5-4-6-10(11)15/h4-7H,3,8H2,1-2H3,(H,17,18,19). The third-order valence-electron chi connectivity index (χ3n) is 2.60. The molecule has 0 saturated carbocycles. The molecular weight excluding hydrogens is 388 g/mol. The second kappa shape index (κ2) is 7.21. The maximum absolute atomic E-state index is 13.6. The number of halogens is 2. The maximum atomic E-state index is 13.6. The molecule has 0 fully saturated rings. The van der Waals surface area contributed by atoms with E-state index in [0.29, 0.717) is 16.5 Å². The van der Waals surface area contributed by atoms with Crippen LogP contribution in [0.3, 0.4) is 0 Å². The van der Waals surface area contributed by atoms with Crippen molar-refractivity contribution in [1.82, 2.24) is 9.97 Å². The first-order valence-electron chi connectivity index (χ1n) is 6.26. The summed E-state index contributed by atoms with van der Waals surface area (Å²) in [4.78, 5) is 9.58. The van der Waals surface area contributed by atoms with Crippen molar-refractivity contribution in [2.24, 2.45) is 0 Å². The molecule has 0 aliphatic rings. The highest BCUT2D eigenvalue weighted by molar-refractivity contribution is 14.1. The van der Waals surface area contributed by atoms with E-state index < -0.39 is 0 Å². The molecule has 1 heterocycles. The third-order valence-corrected chi connectivity index (χ3v) is 4.94. The fourth-order valence-electron chi connectivity index (χ4n) is 1.67. The topological polar surface area (TPSA) is 37.8 Å². The monoisotopic (exact) mass is 403 g/mol. The number of aromatic nitrogens is 2. The van der Waals surface area contributed by atoms with E-state index in [4.69, 9.17) is 0 Å². The van der Waals surface area contributed by atoms with E-state index in [1.54, 1.807) is 12.1 Å². The SMILES string of the molecule is CCNc1nc(CSc2ccccc2F)nc(C)c1I. The molecule has 0 amide bonds. The molecule has 20 heavy (non-hydrogen) atoms. The van der Waals surface area contributed by atoms with Gasteiger partial charge in [-0.2, -0.15) is 0 Å². The van der Waals surface area contributed by atoms with Gasteiger partial charge in [-0.1, -0.05) is 12.1 Å². The van der Waals surface area contributed by atoms with Crippen LogP contribution in [0.25, 0.3) is 0 Å². The van der Waals surface area contributed by atoms with Crippen molar-refractivity contribution in [3.63, 3.8) is 0 Å². The van der Waals surface area contributed by atoms with E-state index in [9.17, 15) is 4.39 Å². The smallest absolute Gasteiger partial charge is 0.143 e. The first-order valence-corrected chi connectivity index (χ1v) is 8.32. The Labute approximate surface area is 135 Å². The molecule has 3 nitrogen and oxygen atoms in total. The summed E-state index contributed by atoms with van der Waals surface area (Å²) in [6.45, 7) is 4.80. The van der Waals surface area contributed by atoms with E-state index in [0.717, 1.165) is 21.6 Å². The summed E-state index contributed by atoms with van der Waals surface area (Å²) in [7, 11) is 0. The van der Waals surface area contributed by atoms with Crippen LogP contribution < -0.4 is 5.32 Å². The number of anilines is 1. The molecule has 1 aromatic carbocycles. The van der Waals surface area contributed by atoms with Crippen molar-refractivity contribution in [1.29, 1.82) is 0 Å². The minimum Gasteiger partial charge on any atom is -0.369 e. The van der Waals surface area contributed by atoms with Crippen molar-refractivity contribution in [3.05, 3.63) is 45.2 Å². The lowest BCUT2D eigenvalue weighted by atomic mass is 10.3. The van der Waals surface area contributed by atoms with E-state index in [-0.39, 0.29) is 5.82 Å². The number of nitrogens with one attached hydrogen (secondary N) is 1. The quantitative estimate of drug-likeness (QED) is 0.599. The molecule has 0 aliphatic carbocycles. The van der Waals surface area contributed by atoms with Crippen LogP contribution in [0.15, 0.2) is 29.2 Å². The molecule has 0 atom stereocenters. The van der Waals surface area contributed by atoms with Gasteiger partial charge in [-0.05, 0) is 48.6 Å². The number of hydrogen-bond acceptors (Lipinski definition) is 4. The molecule has 0 radical (unpaired) electrons. The van der Waals surface area contributed by atoms with Gasteiger partial charge in [-0.3, -0.25) is 0 Å². The highest BCUT2D eigenvalue weighted by Gasteiger charge is 2.10. The Kier molecular flexibility index (Phi) is 5.59. The van der Waals surface area contributed by atoms with Gasteiger partial charge in [0.15, 0.2) is 0 Å². The van der Waals surface area contributed by atoms with Gasteiger partial charge in [0.1, 0.15) is 17.5 Å². The Morgan fingerprint density at radius 2 is 2.05 bits per heavy atom. The van der Waals surface area contributed by atoms with Gasteiger partial charge in [0.2, 0.25) is 0 Å². The Balaban J connectivity index is 2.16. The molecule has 0 saturated heterocycles. The third kappa shape index (κ3) is 3.82. The number of nitrogens with zero attached hydrogens (tertiary/aromatic N) is 2. The molecule has 0 bridgehead atoms. The summed E-state index contributed by atoms with van der Waals surface area (Å²) in [6, 6.07) is 6.75. The Morgan fingerprint density at radius 1 is 1.30 bits per heavy atom. The van der Waals surface area contributed by atoms with Gasteiger partial charge in [0, 0.05) is 11.4 Å². The fraction of sp³-hybridized carbons (Fsp3) is 0.286. The number of rotatable bonds is 5. The van der Waals surface area contributed by atoms with Gasteiger partial charge in [0.05, 0.1) is 15.0 Å². The number of thioether (sulfide) groups is 1. The summed E-state index contributed by atoms with van der Waals surface area (Å²) >= 11 is 3.65. The minimum absolute atomic E-state index is 0.202. The Morgan fingerprint density at radius 3 is 2.75 bits per heavy atom. The second-order valence-corrected chi connectivity index (χ2v) is 6.23. The summed E-state index contributed by atoms with van der Waals surface area (Å²) in [6.07, 6.45) is 0. The predicted molar refractivity (Wildman–Crippen MR) is 89.6 cm³/mol. The van der Waals surface area contributed by atoms with Crippen molar-refractivity contribution < 1.29 is 4.39 Å².